The third-order valence-corrected chi connectivity index (χ3v) is 3.14. The van der Waals surface area contributed by atoms with Crippen LogP contribution in [0.3, 0.4) is 0 Å². The molecule has 0 spiro atoms. The Hall–Kier alpha value is 0.270. The quantitative estimate of drug-likeness (QED) is 0.666. The van der Waals surface area contributed by atoms with Crippen molar-refractivity contribution in [3.8, 4) is 0 Å². The first-order valence-electron chi connectivity index (χ1n) is 3.69. The minimum absolute atomic E-state index is 0.367. The Balaban J connectivity index is 2.23. The lowest BCUT2D eigenvalue weighted by molar-refractivity contribution is 0.00541. The first-order valence-corrected chi connectivity index (χ1v) is 4.98. The first kappa shape index (κ1) is 8.37. The Morgan fingerprint density at radius 3 is 2.80 bits per heavy atom. The van der Waals surface area contributed by atoms with Gasteiger partial charge in [0.1, 0.15) is 0 Å². The van der Waals surface area contributed by atoms with Gasteiger partial charge in [0.25, 0.3) is 0 Å². The maximum absolute atomic E-state index is 5.75. The van der Waals surface area contributed by atoms with Crippen molar-refractivity contribution >= 4 is 11.8 Å². The number of nitrogens with two attached hydrogens (primary N) is 1. The van der Waals surface area contributed by atoms with E-state index in [0.29, 0.717) is 17.4 Å². The zero-order valence-corrected chi connectivity index (χ0v) is 7.36. The van der Waals surface area contributed by atoms with Crippen LogP contribution in [0.25, 0.3) is 0 Å². The Morgan fingerprint density at radius 1 is 1.70 bits per heavy atom. The normalized spacial score (nSPS) is 39.3. The highest BCUT2D eigenvalue weighted by Gasteiger charge is 2.38. The summed E-state index contributed by atoms with van der Waals surface area (Å²) in [6.07, 6.45) is 3.56. The van der Waals surface area contributed by atoms with Crippen molar-refractivity contribution < 1.29 is 4.74 Å². The van der Waals surface area contributed by atoms with Gasteiger partial charge in [0.05, 0.1) is 6.10 Å². The van der Waals surface area contributed by atoms with Crippen LogP contribution in [0, 0.1) is 0 Å². The van der Waals surface area contributed by atoms with E-state index in [0.717, 1.165) is 13.0 Å². The highest BCUT2D eigenvalue weighted by Crippen LogP contribution is 2.31. The van der Waals surface area contributed by atoms with Crippen molar-refractivity contribution in [2.45, 2.75) is 30.7 Å². The summed E-state index contributed by atoms with van der Waals surface area (Å²) in [7, 11) is 0. The van der Waals surface area contributed by atoms with Gasteiger partial charge in [-0.05, 0) is 19.6 Å². The molecule has 0 amide bonds. The molecule has 3 heteroatoms. The lowest BCUT2D eigenvalue weighted by Crippen LogP contribution is -2.54. The van der Waals surface area contributed by atoms with Gasteiger partial charge in [0.2, 0.25) is 0 Å². The van der Waals surface area contributed by atoms with Crippen molar-refractivity contribution in [1.82, 2.24) is 0 Å². The Kier molecular flexibility index (Phi) is 3.01. The molecule has 2 N–H and O–H groups in total. The van der Waals surface area contributed by atoms with Crippen LogP contribution in [0.5, 0.6) is 0 Å². The van der Waals surface area contributed by atoms with E-state index in [1.807, 2.05) is 18.7 Å². The van der Waals surface area contributed by atoms with Gasteiger partial charge >= 0.3 is 0 Å². The van der Waals surface area contributed by atoms with Crippen LogP contribution < -0.4 is 5.73 Å². The van der Waals surface area contributed by atoms with Crippen molar-refractivity contribution in [3.63, 3.8) is 0 Å². The summed E-state index contributed by atoms with van der Waals surface area (Å²) in [6.45, 7) is 2.84. The molecular weight excluding hydrogens is 146 g/mol. The molecule has 1 saturated carbocycles. The monoisotopic (exact) mass is 161 g/mol. The van der Waals surface area contributed by atoms with Gasteiger partial charge < -0.3 is 10.5 Å². The fourth-order valence-electron chi connectivity index (χ4n) is 1.32. The third-order valence-electron chi connectivity index (χ3n) is 1.95. The molecule has 0 aromatic carbocycles. The summed E-state index contributed by atoms with van der Waals surface area (Å²) in [5, 5.41) is 0.542. The van der Waals surface area contributed by atoms with Gasteiger partial charge in [0, 0.05) is 17.9 Å². The predicted octanol–water partition coefficient (Wildman–Crippen LogP) is 0.854. The van der Waals surface area contributed by atoms with Crippen LogP contribution in [-0.2, 0) is 4.74 Å². The SMILES string of the molecule is CCOC1CC(N)C1SC. The number of thioether (sulfide) groups is 1. The summed E-state index contributed by atoms with van der Waals surface area (Å²) in [6, 6.07) is 0.367. The molecule has 0 radical (unpaired) electrons. The third kappa shape index (κ3) is 1.47. The Bertz CT molecular complexity index is 108. The summed E-state index contributed by atoms with van der Waals surface area (Å²) < 4.78 is 5.45. The lowest BCUT2D eigenvalue weighted by Gasteiger charge is -2.40. The maximum Gasteiger partial charge on any atom is 0.0723 e. The molecule has 1 aliphatic carbocycles. The molecule has 3 unspecified atom stereocenters. The topological polar surface area (TPSA) is 35.2 Å². The fourth-order valence-corrected chi connectivity index (χ4v) is 2.27. The summed E-state index contributed by atoms with van der Waals surface area (Å²) in [5.41, 5.74) is 5.75. The van der Waals surface area contributed by atoms with E-state index in [2.05, 4.69) is 6.26 Å². The molecule has 2 nitrogen and oxygen atoms in total. The molecular formula is C7H15NOS. The lowest BCUT2D eigenvalue weighted by atomic mass is 9.89. The molecule has 0 bridgehead atoms. The van der Waals surface area contributed by atoms with Crippen LogP contribution in [0.15, 0.2) is 0 Å². The van der Waals surface area contributed by atoms with E-state index >= 15 is 0 Å². The highest BCUT2D eigenvalue weighted by atomic mass is 32.2. The second kappa shape index (κ2) is 3.60. The molecule has 10 heavy (non-hydrogen) atoms. The summed E-state index contributed by atoms with van der Waals surface area (Å²) in [5.74, 6) is 0. The summed E-state index contributed by atoms with van der Waals surface area (Å²) in [4.78, 5) is 0. The predicted molar refractivity (Wildman–Crippen MR) is 45.3 cm³/mol. The summed E-state index contributed by atoms with van der Waals surface area (Å²) >= 11 is 1.82. The van der Waals surface area contributed by atoms with E-state index in [-0.39, 0.29) is 0 Å². The van der Waals surface area contributed by atoms with Gasteiger partial charge in [-0.1, -0.05) is 0 Å². The Morgan fingerprint density at radius 2 is 2.40 bits per heavy atom. The molecule has 0 aromatic rings. The van der Waals surface area contributed by atoms with E-state index in [1.165, 1.54) is 0 Å². The van der Waals surface area contributed by atoms with Gasteiger partial charge in [-0.25, -0.2) is 0 Å². The molecule has 0 saturated heterocycles. The second-order valence-corrected chi connectivity index (χ2v) is 3.61. The molecule has 1 aliphatic rings. The minimum atomic E-state index is 0.367. The molecule has 3 atom stereocenters. The van der Waals surface area contributed by atoms with Crippen molar-refractivity contribution in [2.24, 2.45) is 5.73 Å². The zero-order chi connectivity index (χ0) is 7.56. The van der Waals surface area contributed by atoms with Crippen molar-refractivity contribution in [1.29, 1.82) is 0 Å². The average molecular weight is 161 g/mol. The van der Waals surface area contributed by atoms with Crippen molar-refractivity contribution in [2.75, 3.05) is 12.9 Å². The number of ether oxygens (including phenoxy) is 1. The van der Waals surface area contributed by atoms with Gasteiger partial charge in [-0.3, -0.25) is 0 Å². The molecule has 0 aromatic heterocycles. The molecule has 60 valence electrons. The van der Waals surface area contributed by atoms with E-state index < -0.39 is 0 Å². The maximum atomic E-state index is 5.75. The van der Waals surface area contributed by atoms with Crippen molar-refractivity contribution in [3.05, 3.63) is 0 Å². The van der Waals surface area contributed by atoms with E-state index in [1.54, 1.807) is 0 Å². The van der Waals surface area contributed by atoms with Crippen LogP contribution in [0.4, 0.5) is 0 Å². The number of hydrogen-bond donors (Lipinski definition) is 1. The fraction of sp³-hybridized carbons (Fsp3) is 1.00. The number of hydrogen-bond acceptors (Lipinski definition) is 3. The number of rotatable bonds is 3. The standard InChI is InChI=1S/C7H15NOS/c1-3-9-6-4-5(8)7(6)10-2/h5-7H,3-4,8H2,1-2H3. The Labute approximate surface area is 66.5 Å². The van der Waals surface area contributed by atoms with Gasteiger partial charge in [-0.15, -0.1) is 0 Å². The van der Waals surface area contributed by atoms with E-state index in [9.17, 15) is 0 Å². The highest BCUT2D eigenvalue weighted by molar-refractivity contribution is 7.99. The molecule has 0 aliphatic heterocycles. The van der Waals surface area contributed by atoms with E-state index in [4.69, 9.17) is 10.5 Å². The minimum Gasteiger partial charge on any atom is -0.377 e. The molecule has 0 heterocycles. The largest absolute Gasteiger partial charge is 0.377 e. The van der Waals surface area contributed by atoms with Crippen LogP contribution in [0.2, 0.25) is 0 Å². The van der Waals surface area contributed by atoms with Gasteiger partial charge in [0.15, 0.2) is 0 Å². The molecule has 1 fully saturated rings. The van der Waals surface area contributed by atoms with Crippen LogP contribution in [-0.4, -0.2) is 30.3 Å². The second-order valence-electron chi connectivity index (χ2n) is 2.59. The van der Waals surface area contributed by atoms with Crippen LogP contribution >= 0.6 is 11.8 Å². The van der Waals surface area contributed by atoms with Gasteiger partial charge in [-0.2, -0.15) is 11.8 Å². The average Bonchev–Trinajstić information content (AvgIpc) is 1.88. The van der Waals surface area contributed by atoms with Crippen LogP contribution in [0.1, 0.15) is 13.3 Å². The smallest absolute Gasteiger partial charge is 0.0723 e. The zero-order valence-electron chi connectivity index (χ0n) is 6.54. The molecule has 1 rings (SSSR count). The first-order chi connectivity index (χ1) is 4.79.